The summed E-state index contributed by atoms with van der Waals surface area (Å²) in [7, 11) is -3.51. The van der Waals surface area contributed by atoms with Crippen LogP contribution < -0.4 is 10.0 Å². The maximum Gasteiger partial charge on any atom is 0.242 e. The van der Waals surface area contributed by atoms with Crippen LogP contribution in [0.5, 0.6) is 0 Å². The van der Waals surface area contributed by atoms with Crippen molar-refractivity contribution in [2.75, 3.05) is 0 Å². The van der Waals surface area contributed by atoms with Gasteiger partial charge in [0.15, 0.2) is 0 Å². The molecule has 1 aliphatic carbocycles. The van der Waals surface area contributed by atoms with Crippen LogP contribution in [-0.2, 0) is 39.1 Å². The molecule has 1 atom stereocenters. The highest BCUT2D eigenvalue weighted by Crippen LogP contribution is 2.22. The van der Waals surface area contributed by atoms with Crippen molar-refractivity contribution in [3.8, 4) is 0 Å². The average Bonchev–Trinajstić information content (AvgIpc) is 3.53. The van der Waals surface area contributed by atoms with E-state index in [4.69, 9.17) is 4.42 Å². The van der Waals surface area contributed by atoms with Crippen molar-refractivity contribution >= 4 is 21.8 Å². The van der Waals surface area contributed by atoms with Crippen molar-refractivity contribution in [3.05, 3.63) is 89.9 Å². The number of aryl methyl sites for hydroxylation is 1. The molecule has 1 aromatic heterocycles. The van der Waals surface area contributed by atoms with Crippen LogP contribution in [0.4, 0.5) is 0 Å². The van der Waals surface area contributed by atoms with Crippen LogP contribution in [0.3, 0.4) is 0 Å². The lowest BCUT2D eigenvalue weighted by Gasteiger charge is -2.29. The van der Waals surface area contributed by atoms with Crippen molar-refractivity contribution in [1.82, 2.24) is 14.9 Å². The number of nitrogens with zero attached hydrogens (tertiary/aromatic N) is 1. The number of rotatable bonds is 12. The normalized spacial score (nSPS) is 14.2. The van der Waals surface area contributed by atoms with Crippen LogP contribution in [0.1, 0.15) is 43.1 Å². The number of sulfonamides is 1. The highest BCUT2D eigenvalue weighted by atomic mass is 32.2. The molecule has 190 valence electrons. The third-order valence-electron chi connectivity index (χ3n) is 6.14. The monoisotopic (exact) mass is 509 g/mol. The van der Waals surface area contributed by atoms with Gasteiger partial charge < -0.3 is 14.6 Å². The Morgan fingerprint density at radius 3 is 2.36 bits per heavy atom. The number of carbonyl (C=O) groups is 2. The second-order valence-electron chi connectivity index (χ2n) is 9.02. The van der Waals surface area contributed by atoms with E-state index >= 15 is 0 Å². The van der Waals surface area contributed by atoms with Crippen LogP contribution in [-0.4, -0.2) is 37.2 Å². The number of hydrogen-bond donors (Lipinski definition) is 2. The first-order valence-electron chi connectivity index (χ1n) is 12.1. The van der Waals surface area contributed by atoms with E-state index in [2.05, 4.69) is 10.0 Å². The highest BCUT2D eigenvalue weighted by Gasteiger charge is 2.28. The molecule has 0 spiro atoms. The Bertz CT molecular complexity index is 1250. The van der Waals surface area contributed by atoms with Crippen molar-refractivity contribution in [3.63, 3.8) is 0 Å². The molecule has 8 nitrogen and oxygen atoms in total. The topological polar surface area (TPSA) is 109 Å². The Morgan fingerprint density at radius 1 is 1.00 bits per heavy atom. The predicted octanol–water partition coefficient (Wildman–Crippen LogP) is 3.39. The summed E-state index contributed by atoms with van der Waals surface area (Å²) in [5.41, 5.74) is 1.78. The Morgan fingerprint density at radius 2 is 1.72 bits per heavy atom. The van der Waals surface area contributed by atoms with Gasteiger partial charge in [0.2, 0.25) is 21.8 Å². The Labute approximate surface area is 211 Å². The van der Waals surface area contributed by atoms with E-state index in [0.29, 0.717) is 18.7 Å². The number of amides is 2. The molecule has 2 amide bonds. The first-order valence-corrected chi connectivity index (χ1v) is 13.5. The maximum absolute atomic E-state index is 13.3. The molecule has 1 unspecified atom stereocenters. The van der Waals surface area contributed by atoms with Crippen LogP contribution in [0, 0.1) is 0 Å². The van der Waals surface area contributed by atoms with Gasteiger partial charge >= 0.3 is 0 Å². The molecule has 0 saturated heterocycles. The first kappa shape index (κ1) is 25.7. The molecule has 1 fully saturated rings. The summed E-state index contributed by atoms with van der Waals surface area (Å²) in [6, 6.07) is 19.0. The SMILES string of the molecule is CC(C(=O)NCc1ccco1)N(Cc1ccccc1)C(=O)CCc1ccc(S(=O)(=O)NC2CC2)cc1. The fourth-order valence-corrected chi connectivity index (χ4v) is 5.12. The standard InChI is InChI=1S/C27H31N3O5S/c1-20(27(32)28-18-24-8-5-17-35-24)30(19-22-6-3-2-4-7-22)26(31)16-11-21-9-14-25(15-10-21)36(33,34)29-23-12-13-23/h2-10,14-15,17,20,23,29H,11-13,16,18-19H2,1H3,(H,28,32). The number of furan rings is 1. The Balaban J connectivity index is 1.39. The van der Waals surface area contributed by atoms with Gasteiger partial charge in [-0.15, -0.1) is 0 Å². The molecule has 3 aromatic rings. The smallest absolute Gasteiger partial charge is 0.242 e. The molecule has 0 bridgehead atoms. The van der Waals surface area contributed by atoms with Gasteiger partial charge in [0.05, 0.1) is 17.7 Å². The van der Waals surface area contributed by atoms with Crippen molar-refractivity contribution in [1.29, 1.82) is 0 Å². The maximum atomic E-state index is 13.3. The van der Waals surface area contributed by atoms with Crippen LogP contribution in [0.2, 0.25) is 0 Å². The zero-order valence-corrected chi connectivity index (χ0v) is 21.0. The van der Waals surface area contributed by atoms with E-state index < -0.39 is 16.1 Å². The van der Waals surface area contributed by atoms with Gasteiger partial charge in [-0.2, -0.15) is 0 Å². The fourth-order valence-electron chi connectivity index (χ4n) is 3.82. The van der Waals surface area contributed by atoms with Gasteiger partial charge in [0.1, 0.15) is 11.8 Å². The molecule has 2 aromatic carbocycles. The molecule has 1 heterocycles. The second-order valence-corrected chi connectivity index (χ2v) is 10.7. The summed E-state index contributed by atoms with van der Waals surface area (Å²) in [4.78, 5) is 27.9. The number of nitrogens with one attached hydrogen (secondary N) is 2. The summed E-state index contributed by atoms with van der Waals surface area (Å²) >= 11 is 0. The zero-order chi connectivity index (χ0) is 25.5. The van der Waals surface area contributed by atoms with E-state index in [9.17, 15) is 18.0 Å². The van der Waals surface area contributed by atoms with Crippen LogP contribution >= 0.6 is 0 Å². The fraction of sp³-hybridized carbons (Fsp3) is 0.333. The van der Waals surface area contributed by atoms with E-state index in [-0.39, 0.29) is 35.7 Å². The molecule has 0 radical (unpaired) electrons. The zero-order valence-electron chi connectivity index (χ0n) is 20.2. The summed E-state index contributed by atoms with van der Waals surface area (Å²) in [5.74, 6) is 0.203. The molecule has 1 saturated carbocycles. The molecule has 2 N–H and O–H groups in total. The van der Waals surface area contributed by atoms with Crippen LogP contribution in [0.15, 0.2) is 82.3 Å². The molecule has 0 aliphatic heterocycles. The molecular formula is C27H31N3O5S. The summed E-state index contributed by atoms with van der Waals surface area (Å²) in [5, 5.41) is 2.83. The number of carbonyl (C=O) groups excluding carboxylic acids is 2. The average molecular weight is 510 g/mol. The summed E-state index contributed by atoms with van der Waals surface area (Å²) in [6.45, 7) is 2.26. The third-order valence-corrected chi connectivity index (χ3v) is 7.68. The molecule has 1 aliphatic rings. The Kier molecular flexibility index (Phi) is 8.22. The van der Waals surface area contributed by atoms with Crippen molar-refractivity contribution in [2.45, 2.75) is 62.7 Å². The molecule has 36 heavy (non-hydrogen) atoms. The third kappa shape index (κ3) is 7.05. The second kappa shape index (κ2) is 11.5. The van der Waals surface area contributed by atoms with Gasteiger partial charge in [0, 0.05) is 19.0 Å². The molecule has 4 rings (SSSR count). The quantitative estimate of drug-likeness (QED) is 0.389. The summed E-state index contributed by atoms with van der Waals surface area (Å²) in [6.07, 6.45) is 3.91. The van der Waals surface area contributed by atoms with E-state index in [0.717, 1.165) is 24.0 Å². The highest BCUT2D eigenvalue weighted by molar-refractivity contribution is 7.89. The van der Waals surface area contributed by atoms with Gasteiger partial charge in [-0.05, 0) is 61.6 Å². The van der Waals surface area contributed by atoms with Gasteiger partial charge in [0.25, 0.3) is 0 Å². The minimum absolute atomic E-state index is 0.0427. The Hall–Kier alpha value is -3.43. The van der Waals surface area contributed by atoms with E-state index in [1.54, 1.807) is 54.5 Å². The number of hydrogen-bond acceptors (Lipinski definition) is 5. The largest absolute Gasteiger partial charge is 0.467 e. The van der Waals surface area contributed by atoms with Gasteiger partial charge in [-0.1, -0.05) is 42.5 Å². The van der Waals surface area contributed by atoms with Gasteiger partial charge in [-0.3, -0.25) is 9.59 Å². The van der Waals surface area contributed by atoms with Crippen molar-refractivity contribution < 1.29 is 22.4 Å². The first-order chi connectivity index (χ1) is 17.3. The van der Waals surface area contributed by atoms with Crippen LogP contribution in [0.25, 0.3) is 0 Å². The van der Waals surface area contributed by atoms with E-state index in [1.807, 2.05) is 30.3 Å². The summed E-state index contributed by atoms with van der Waals surface area (Å²) < 4.78 is 32.7. The van der Waals surface area contributed by atoms with E-state index in [1.165, 1.54) is 0 Å². The molecule has 9 heteroatoms. The minimum atomic E-state index is -3.51. The lowest BCUT2D eigenvalue weighted by atomic mass is 10.1. The molecular weight excluding hydrogens is 478 g/mol. The van der Waals surface area contributed by atoms with Crippen molar-refractivity contribution in [2.24, 2.45) is 0 Å². The minimum Gasteiger partial charge on any atom is -0.467 e. The van der Waals surface area contributed by atoms with Gasteiger partial charge in [-0.25, -0.2) is 13.1 Å². The predicted molar refractivity (Wildman–Crippen MR) is 135 cm³/mol. The number of benzene rings is 2. The lowest BCUT2D eigenvalue weighted by molar-refractivity contribution is -0.140. The lowest BCUT2D eigenvalue weighted by Crippen LogP contribution is -2.47.